The van der Waals surface area contributed by atoms with Gasteiger partial charge in [-0.3, -0.25) is 4.79 Å². The van der Waals surface area contributed by atoms with Crippen LogP contribution in [0.3, 0.4) is 0 Å². The predicted octanol–water partition coefficient (Wildman–Crippen LogP) is 4.03. The summed E-state index contributed by atoms with van der Waals surface area (Å²) in [5, 5.41) is 1.94. The summed E-state index contributed by atoms with van der Waals surface area (Å²) in [7, 11) is 0. The number of piperidine rings is 1. The Balaban J connectivity index is 1.65. The lowest BCUT2D eigenvalue weighted by molar-refractivity contribution is 0.0721. The summed E-state index contributed by atoms with van der Waals surface area (Å²) in [5.41, 5.74) is 1.66. The van der Waals surface area contributed by atoms with Crippen LogP contribution in [0.4, 0.5) is 4.39 Å². The van der Waals surface area contributed by atoms with Crippen molar-refractivity contribution in [3.8, 4) is 10.4 Å². The summed E-state index contributed by atoms with van der Waals surface area (Å²) in [5.74, 6) is 1.30. The molecule has 2 aromatic rings. The monoisotopic (exact) mass is 301 g/mol. The highest BCUT2D eigenvalue weighted by atomic mass is 32.1. The van der Waals surface area contributed by atoms with Crippen LogP contribution >= 0.6 is 11.3 Å². The van der Waals surface area contributed by atoms with Crippen molar-refractivity contribution in [2.75, 3.05) is 6.54 Å². The molecule has 1 aromatic carbocycles. The first-order valence-corrected chi connectivity index (χ1v) is 8.17. The molecule has 2 fully saturated rings. The van der Waals surface area contributed by atoms with Gasteiger partial charge in [-0.1, -0.05) is 12.1 Å². The van der Waals surface area contributed by atoms with Crippen molar-refractivity contribution in [3.05, 3.63) is 47.1 Å². The van der Waals surface area contributed by atoms with Crippen LogP contribution in [0, 0.1) is 17.7 Å². The third kappa shape index (κ3) is 2.09. The Morgan fingerprint density at radius 1 is 1.29 bits per heavy atom. The summed E-state index contributed by atoms with van der Waals surface area (Å²) in [6.07, 6.45) is 1.28. The van der Waals surface area contributed by atoms with E-state index < -0.39 is 0 Å². The first kappa shape index (κ1) is 13.0. The molecule has 0 bridgehead atoms. The number of carbonyl (C=O) groups excluding carboxylic acids is 1. The van der Waals surface area contributed by atoms with E-state index in [1.807, 2.05) is 16.3 Å². The van der Waals surface area contributed by atoms with Crippen molar-refractivity contribution < 1.29 is 9.18 Å². The molecule has 0 radical (unpaired) electrons. The molecule has 1 aromatic heterocycles. The molecular weight excluding hydrogens is 285 g/mol. The van der Waals surface area contributed by atoms with E-state index in [1.54, 1.807) is 12.1 Å². The number of fused-ring (bicyclic) bond motifs is 1. The van der Waals surface area contributed by atoms with Gasteiger partial charge >= 0.3 is 0 Å². The number of likely N-dealkylation sites (tertiary alicyclic amines) is 1. The second kappa shape index (κ2) is 4.67. The van der Waals surface area contributed by atoms with Gasteiger partial charge in [-0.05, 0) is 54.3 Å². The van der Waals surface area contributed by atoms with E-state index >= 15 is 0 Å². The van der Waals surface area contributed by atoms with Gasteiger partial charge in [0.25, 0.3) is 5.91 Å². The Morgan fingerprint density at radius 3 is 2.71 bits per heavy atom. The van der Waals surface area contributed by atoms with Crippen LogP contribution in [-0.2, 0) is 0 Å². The molecule has 108 valence electrons. The highest BCUT2D eigenvalue weighted by molar-refractivity contribution is 7.14. The van der Waals surface area contributed by atoms with Crippen LogP contribution < -0.4 is 0 Å². The molecule has 1 aliphatic carbocycles. The van der Waals surface area contributed by atoms with Crippen molar-refractivity contribution >= 4 is 17.2 Å². The average molecular weight is 301 g/mol. The molecule has 1 saturated heterocycles. The van der Waals surface area contributed by atoms with Gasteiger partial charge in [0.2, 0.25) is 0 Å². The topological polar surface area (TPSA) is 20.3 Å². The van der Waals surface area contributed by atoms with Crippen molar-refractivity contribution in [2.24, 2.45) is 11.8 Å². The van der Waals surface area contributed by atoms with Crippen molar-refractivity contribution in [2.45, 2.75) is 19.4 Å². The Hall–Kier alpha value is -1.68. The fraction of sp³-hybridized carbons (Fsp3) is 0.353. The smallest absolute Gasteiger partial charge is 0.255 e. The van der Waals surface area contributed by atoms with Crippen LogP contribution in [0.15, 0.2) is 35.7 Å². The van der Waals surface area contributed by atoms with Gasteiger partial charge in [0.15, 0.2) is 0 Å². The summed E-state index contributed by atoms with van der Waals surface area (Å²) < 4.78 is 13.1. The lowest BCUT2D eigenvalue weighted by Crippen LogP contribution is -2.36. The predicted molar refractivity (Wildman–Crippen MR) is 81.8 cm³/mol. The lowest BCUT2D eigenvalue weighted by atomic mass is 10.1. The van der Waals surface area contributed by atoms with E-state index in [0.717, 1.165) is 28.5 Å². The fourth-order valence-electron chi connectivity index (χ4n) is 3.45. The van der Waals surface area contributed by atoms with Gasteiger partial charge in [0.1, 0.15) is 5.82 Å². The van der Waals surface area contributed by atoms with Crippen molar-refractivity contribution in [1.82, 2.24) is 4.90 Å². The third-order valence-electron chi connectivity index (χ3n) is 4.78. The summed E-state index contributed by atoms with van der Waals surface area (Å²) in [6, 6.07) is 8.60. The molecule has 2 nitrogen and oxygen atoms in total. The number of benzene rings is 1. The van der Waals surface area contributed by atoms with Gasteiger partial charge < -0.3 is 4.90 Å². The highest BCUT2D eigenvalue weighted by Crippen LogP contribution is 2.50. The number of thiophene rings is 1. The second-order valence-electron chi connectivity index (χ2n) is 6.03. The molecule has 2 aliphatic rings. The van der Waals surface area contributed by atoms with Crippen LogP contribution in [0.1, 0.15) is 23.7 Å². The number of hydrogen-bond acceptors (Lipinski definition) is 2. The molecule has 0 spiro atoms. The summed E-state index contributed by atoms with van der Waals surface area (Å²) in [6.45, 7) is 3.04. The third-order valence-corrected chi connectivity index (χ3v) is 5.75. The molecule has 1 amide bonds. The fourth-order valence-corrected chi connectivity index (χ4v) is 4.34. The van der Waals surface area contributed by atoms with E-state index in [9.17, 15) is 9.18 Å². The minimum Gasteiger partial charge on any atom is -0.335 e. The Kier molecular flexibility index (Phi) is 2.89. The molecule has 2 heterocycles. The van der Waals surface area contributed by atoms with E-state index in [0.29, 0.717) is 12.0 Å². The molecule has 3 atom stereocenters. The molecule has 1 aliphatic heterocycles. The number of carbonyl (C=O) groups is 1. The second-order valence-corrected chi connectivity index (χ2v) is 6.94. The van der Waals surface area contributed by atoms with Gasteiger partial charge in [-0.2, -0.15) is 0 Å². The molecule has 21 heavy (non-hydrogen) atoms. The number of rotatable bonds is 2. The molecule has 0 unspecified atom stereocenters. The minimum atomic E-state index is -0.253. The Morgan fingerprint density at radius 2 is 2.05 bits per heavy atom. The van der Waals surface area contributed by atoms with E-state index in [1.165, 1.54) is 29.9 Å². The Labute approximate surface area is 127 Å². The van der Waals surface area contributed by atoms with Crippen molar-refractivity contribution in [1.29, 1.82) is 0 Å². The zero-order valence-corrected chi connectivity index (χ0v) is 12.6. The zero-order valence-electron chi connectivity index (χ0n) is 11.8. The molecule has 4 rings (SSSR count). The van der Waals surface area contributed by atoms with E-state index in [2.05, 4.69) is 6.92 Å². The number of nitrogens with zero attached hydrogens (tertiary/aromatic N) is 1. The van der Waals surface area contributed by atoms with Crippen molar-refractivity contribution in [3.63, 3.8) is 0 Å². The van der Waals surface area contributed by atoms with Crippen LogP contribution in [0.5, 0.6) is 0 Å². The van der Waals surface area contributed by atoms with Gasteiger partial charge in [0, 0.05) is 17.5 Å². The maximum Gasteiger partial charge on any atom is 0.255 e. The lowest BCUT2D eigenvalue weighted by Gasteiger charge is -2.24. The van der Waals surface area contributed by atoms with E-state index in [-0.39, 0.29) is 11.7 Å². The standard InChI is InChI=1S/C17H16FNOS/c1-10-15-8-12(15)9-19(10)17(20)14-6-7-21-16(14)11-2-4-13(18)5-3-11/h2-7,10,12,15H,8-9H2,1H3/t10-,12-,15+/m0/s1. The number of amides is 1. The van der Waals surface area contributed by atoms with Crippen LogP contribution in [0.25, 0.3) is 10.4 Å². The normalized spacial score (nSPS) is 26.8. The summed E-state index contributed by atoms with van der Waals surface area (Å²) in [4.78, 5) is 15.7. The van der Waals surface area contributed by atoms with Gasteiger partial charge in [0.05, 0.1) is 5.56 Å². The maximum absolute atomic E-state index is 13.1. The van der Waals surface area contributed by atoms with Crippen LogP contribution in [-0.4, -0.2) is 23.4 Å². The molecular formula is C17H16FNOS. The minimum absolute atomic E-state index is 0.121. The first-order valence-electron chi connectivity index (χ1n) is 7.29. The first-order chi connectivity index (χ1) is 10.1. The molecule has 0 N–H and O–H groups in total. The highest BCUT2D eigenvalue weighted by Gasteiger charge is 2.52. The average Bonchev–Trinajstić information content (AvgIpc) is 2.95. The molecule has 1 saturated carbocycles. The summed E-state index contributed by atoms with van der Waals surface area (Å²) >= 11 is 1.54. The van der Waals surface area contributed by atoms with Gasteiger partial charge in [-0.25, -0.2) is 4.39 Å². The largest absolute Gasteiger partial charge is 0.335 e. The number of halogens is 1. The Bertz CT molecular complexity index is 693. The number of hydrogen-bond donors (Lipinski definition) is 0. The maximum atomic E-state index is 13.1. The van der Waals surface area contributed by atoms with E-state index in [4.69, 9.17) is 0 Å². The quantitative estimate of drug-likeness (QED) is 0.820. The SMILES string of the molecule is C[C@H]1[C@H]2C[C@H]2CN1C(=O)c1ccsc1-c1ccc(F)cc1. The van der Waals surface area contributed by atoms with Crippen LogP contribution in [0.2, 0.25) is 0 Å². The van der Waals surface area contributed by atoms with Gasteiger partial charge in [-0.15, -0.1) is 11.3 Å². The zero-order chi connectivity index (χ0) is 14.6. The molecule has 4 heteroatoms.